The molecule has 0 radical (unpaired) electrons. The molecule has 0 saturated heterocycles. The van der Waals surface area contributed by atoms with Crippen LogP contribution in [0.15, 0.2) is 18.2 Å². The first-order valence-electron chi connectivity index (χ1n) is 5.13. The minimum Gasteiger partial charge on any atom is -0.478 e. The average molecular weight is 223 g/mol. The molecule has 5 nitrogen and oxygen atoms in total. The van der Waals surface area contributed by atoms with E-state index in [9.17, 15) is 4.79 Å². The monoisotopic (exact) mass is 223 g/mol. The number of amides is 1. The summed E-state index contributed by atoms with van der Waals surface area (Å²) in [6, 6.07) is 5.32. The van der Waals surface area contributed by atoms with E-state index in [2.05, 4.69) is 10.3 Å². The Morgan fingerprint density at radius 2 is 2.25 bits per heavy atom. The van der Waals surface area contributed by atoms with Gasteiger partial charge in [-0.25, -0.2) is 0 Å². The Labute approximate surface area is 95.0 Å². The minimum atomic E-state index is -0.835. The fraction of sp³-hybridized carbons (Fsp3) is 0.455. The van der Waals surface area contributed by atoms with E-state index < -0.39 is 11.4 Å². The van der Waals surface area contributed by atoms with Gasteiger partial charge < -0.3 is 15.8 Å². The first-order valence-corrected chi connectivity index (χ1v) is 5.13. The van der Waals surface area contributed by atoms with Crippen molar-refractivity contribution in [2.24, 2.45) is 5.73 Å². The number of aromatic nitrogens is 1. The van der Waals surface area contributed by atoms with Crippen LogP contribution in [0.3, 0.4) is 0 Å². The highest BCUT2D eigenvalue weighted by atomic mass is 16.5. The first kappa shape index (κ1) is 12.3. The summed E-state index contributed by atoms with van der Waals surface area (Å²) in [6.07, 6.45) is 0. The molecule has 3 N–H and O–H groups in total. The summed E-state index contributed by atoms with van der Waals surface area (Å²) < 4.78 is 5.25. The third-order valence-electron chi connectivity index (χ3n) is 2.07. The zero-order valence-corrected chi connectivity index (χ0v) is 9.78. The summed E-state index contributed by atoms with van der Waals surface area (Å²) in [5.41, 5.74) is 4.42. The Hall–Kier alpha value is -1.78. The molecule has 5 heteroatoms. The minimum absolute atomic E-state index is 0.434. The van der Waals surface area contributed by atoms with Crippen LogP contribution in [0.4, 0.5) is 5.82 Å². The molecule has 1 amide bonds. The molecule has 88 valence electrons. The van der Waals surface area contributed by atoms with Gasteiger partial charge in [-0.3, -0.25) is 4.79 Å². The van der Waals surface area contributed by atoms with Crippen LogP contribution in [0.5, 0.6) is 5.88 Å². The lowest BCUT2D eigenvalue weighted by molar-refractivity contribution is -0.121. The van der Waals surface area contributed by atoms with E-state index in [0.29, 0.717) is 18.3 Å². The molecule has 0 bridgehead atoms. The maximum atomic E-state index is 11.1. The second-order valence-electron chi connectivity index (χ2n) is 3.91. The van der Waals surface area contributed by atoms with Crippen molar-refractivity contribution in [2.75, 3.05) is 11.9 Å². The molecular weight excluding hydrogens is 206 g/mol. The highest BCUT2D eigenvalue weighted by molar-refractivity contribution is 5.86. The number of primary amides is 1. The van der Waals surface area contributed by atoms with Crippen LogP contribution in [0.25, 0.3) is 0 Å². The number of hydrogen-bond donors (Lipinski definition) is 2. The summed E-state index contributed by atoms with van der Waals surface area (Å²) in [5, 5.41) is 2.95. The van der Waals surface area contributed by atoms with E-state index in [-0.39, 0.29) is 0 Å². The fourth-order valence-corrected chi connectivity index (χ4v) is 1.09. The molecule has 1 rings (SSSR count). The number of nitrogens with one attached hydrogen (secondary N) is 1. The van der Waals surface area contributed by atoms with E-state index in [4.69, 9.17) is 10.5 Å². The molecule has 0 aliphatic rings. The standard InChI is InChI=1S/C11H17N3O2/c1-4-16-9-7-5-6-8(13-9)14-11(2,3)10(12)15/h5-7H,4H2,1-3H3,(H2,12,15)(H,13,14). The molecule has 0 fully saturated rings. The lowest BCUT2D eigenvalue weighted by atomic mass is 10.1. The largest absolute Gasteiger partial charge is 0.478 e. The zero-order chi connectivity index (χ0) is 12.2. The average Bonchev–Trinajstić information content (AvgIpc) is 2.17. The summed E-state index contributed by atoms with van der Waals surface area (Å²) >= 11 is 0. The quantitative estimate of drug-likeness (QED) is 0.785. The van der Waals surface area contributed by atoms with Gasteiger partial charge in [-0.2, -0.15) is 4.98 Å². The smallest absolute Gasteiger partial charge is 0.242 e. The zero-order valence-electron chi connectivity index (χ0n) is 9.78. The molecule has 0 spiro atoms. The lowest BCUT2D eigenvalue weighted by Gasteiger charge is -2.22. The number of carbonyl (C=O) groups excluding carboxylic acids is 1. The van der Waals surface area contributed by atoms with E-state index in [1.165, 1.54) is 0 Å². The van der Waals surface area contributed by atoms with Crippen molar-refractivity contribution in [2.45, 2.75) is 26.3 Å². The van der Waals surface area contributed by atoms with Crippen LogP contribution in [0, 0.1) is 0 Å². The van der Waals surface area contributed by atoms with E-state index in [0.717, 1.165) is 0 Å². The van der Waals surface area contributed by atoms with Crippen LogP contribution >= 0.6 is 0 Å². The van der Waals surface area contributed by atoms with Gasteiger partial charge in [-0.1, -0.05) is 6.07 Å². The van der Waals surface area contributed by atoms with E-state index in [1.54, 1.807) is 32.0 Å². The Morgan fingerprint density at radius 1 is 1.56 bits per heavy atom. The van der Waals surface area contributed by atoms with E-state index in [1.807, 2.05) is 6.92 Å². The number of pyridine rings is 1. The van der Waals surface area contributed by atoms with Crippen molar-refractivity contribution in [3.05, 3.63) is 18.2 Å². The molecule has 0 aliphatic carbocycles. The van der Waals surface area contributed by atoms with Crippen LogP contribution in [0.2, 0.25) is 0 Å². The molecule has 1 aromatic rings. The molecule has 0 aromatic carbocycles. The van der Waals surface area contributed by atoms with Crippen molar-refractivity contribution >= 4 is 11.7 Å². The Balaban J connectivity index is 2.81. The third-order valence-corrected chi connectivity index (χ3v) is 2.07. The van der Waals surface area contributed by atoms with Gasteiger partial charge in [-0.15, -0.1) is 0 Å². The molecule has 0 unspecified atom stereocenters. The maximum Gasteiger partial charge on any atom is 0.242 e. The molecular formula is C11H17N3O2. The third kappa shape index (κ3) is 3.12. The summed E-state index contributed by atoms with van der Waals surface area (Å²) in [6.45, 7) is 5.83. The van der Waals surface area contributed by atoms with Crippen LogP contribution in [0.1, 0.15) is 20.8 Å². The number of nitrogens with zero attached hydrogens (tertiary/aromatic N) is 1. The van der Waals surface area contributed by atoms with Crippen molar-refractivity contribution in [1.82, 2.24) is 4.98 Å². The molecule has 0 atom stereocenters. The lowest BCUT2D eigenvalue weighted by Crippen LogP contribution is -2.45. The van der Waals surface area contributed by atoms with Gasteiger partial charge in [0.25, 0.3) is 0 Å². The number of hydrogen-bond acceptors (Lipinski definition) is 4. The summed E-state index contributed by atoms with van der Waals surface area (Å²) in [4.78, 5) is 15.3. The van der Waals surface area contributed by atoms with Gasteiger partial charge >= 0.3 is 0 Å². The topological polar surface area (TPSA) is 77.2 Å². The number of nitrogens with two attached hydrogens (primary N) is 1. The molecule has 0 saturated carbocycles. The summed E-state index contributed by atoms with van der Waals surface area (Å²) in [5.74, 6) is 0.652. The van der Waals surface area contributed by atoms with Crippen LogP contribution < -0.4 is 15.8 Å². The molecule has 1 heterocycles. The fourth-order valence-electron chi connectivity index (χ4n) is 1.09. The van der Waals surface area contributed by atoms with Crippen molar-refractivity contribution in [1.29, 1.82) is 0 Å². The van der Waals surface area contributed by atoms with E-state index >= 15 is 0 Å². The van der Waals surface area contributed by atoms with Crippen molar-refractivity contribution in [3.8, 4) is 5.88 Å². The normalized spacial score (nSPS) is 10.9. The number of anilines is 1. The second kappa shape index (κ2) is 4.83. The number of rotatable bonds is 5. The Bertz CT molecular complexity index is 377. The van der Waals surface area contributed by atoms with Crippen molar-refractivity contribution < 1.29 is 9.53 Å². The Kier molecular flexibility index (Phi) is 3.71. The van der Waals surface area contributed by atoms with Gasteiger partial charge in [0.2, 0.25) is 11.8 Å². The van der Waals surface area contributed by atoms with Gasteiger partial charge in [0.1, 0.15) is 11.4 Å². The predicted molar refractivity (Wildman–Crippen MR) is 62.3 cm³/mol. The SMILES string of the molecule is CCOc1cccc(NC(C)(C)C(N)=O)n1. The highest BCUT2D eigenvalue weighted by Gasteiger charge is 2.24. The van der Waals surface area contributed by atoms with Gasteiger partial charge in [0.15, 0.2) is 0 Å². The molecule has 1 aromatic heterocycles. The molecule has 16 heavy (non-hydrogen) atoms. The number of ether oxygens (including phenoxy) is 1. The first-order chi connectivity index (χ1) is 7.45. The summed E-state index contributed by atoms with van der Waals surface area (Å²) in [7, 11) is 0. The predicted octanol–water partition coefficient (Wildman–Crippen LogP) is 1.16. The maximum absolute atomic E-state index is 11.1. The van der Waals surface area contributed by atoms with Crippen LogP contribution in [-0.2, 0) is 4.79 Å². The van der Waals surface area contributed by atoms with Crippen LogP contribution in [-0.4, -0.2) is 23.0 Å². The highest BCUT2D eigenvalue weighted by Crippen LogP contribution is 2.16. The molecule has 0 aliphatic heterocycles. The van der Waals surface area contributed by atoms with Gasteiger partial charge in [0.05, 0.1) is 6.61 Å². The second-order valence-corrected chi connectivity index (χ2v) is 3.91. The number of carbonyl (C=O) groups is 1. The van der Waals surface area contributed by atoms with Crippen molar-refractivity contribution in [3.63, 3.8) is 0 Å². The Morgan fingerprint density at radius 3 is 2.81 bits per heavy atom. The van der Waals surface area contributed by atoms with Gasteiger partial charge in [-0.05, 0) is 26.8 Å². The van der Waals surface area contributed by atoms with Gasteiger partial charge in [0, 0.05) is 6.07 Å².